The molecule has 0 aromatic heterocycles. The normalized spacial score (nSPS) is 15.7. The Labute approximate surface area is 120 Å². The highest BCUT2D eigenvalue weighted by atomic mass is 35.5. The number of hydrogen-bond acceptors (Lipinski definition) is 2. The van der Waals surface area contributed by atoms with E-state index in [1.807, 2.05) is 26.0 Å². The summed E-state index contributed by atoms with van der Waals surface area (Å²) in [6.45, 7) is 7.49. The number of halogens is 1. The first-order valence-electron chi connectivity index (χ1n) is 6.41. The van der Waals surface area contributed by atoms with Crippen molar-refractivity contribution in [1.82, 2.24) is 5.32 Å². The van der Waals surface area contributed by atoms with Gasteiger partial charge in [-0.15, -0.1) is 0 Å². The van der Waals surface area contributed by atoms with Gasteiger partial charge in [0.1, 0.15) is 5.54 Å². The molecule has 1 aromatic carbocycles. The molecular formula is C15H22ClNO2. The molecule has 1 aromatic rings. The number of nitrogens with one attached hydrogen (secondary N) is 1. The summed E-state index contributed by atoms with van der Waals surface area (Å²) in [4.78, 5) is 11.5. The maximum absolute atomic E-state index is 11.5. The number of carbonyl (C=O) groups is 1. The smallest absolute Gasteiger partial charge is 0.217 e. The average molecular weight is 284 g/mol. The van der Waals surface area contributed by atoms with Crippen LogP contribution in [0.2, 0.25) is 0 Å². The zero-order valence-electron chi connectivity index (χ0n) is 12.2. The Bertz CT molecular complexity index is 461. The molecule has 0 heterocycles. The summed E-state index contributed by atoms with van der Waals surface area (Å²) < 4.78 is 5.28. The molecule has 0 radical (unpaired) electrons. The first-order valence-corrected chi connectivity index (χ1v) is 6.85. The van der Waals surface area contributed by atoms with Crippen molar-refractivity contribution < 1.29 is 9.53 Å². The van der Waals surface area contributed by atoms with Gasteiger partial charge in [-0.25, -0.2) is 0 Å². The minimum atomic E-state index is -0.751. The van der Waals surface area contributed by atoms with Gasteiger partial charge in [-0.1, -0.05) is 36.7 Å². The maximum Gasteiger partial charge on any atom is 0.217 e. The number of rotatable bonds is 5. The van der Waals surface area contributed by atoms with E-state index in [1.54, 1.807) is 7.11 Å². The van der Waals surface area contributed by atoms with Crippen LogP contribution in [0.15, 0.2) is 18.2 Å². The van der Waals surface area contributed by atoms with Crippen LogP contribution >= 0.6 is 11.6 Å². The molecule has 19 heavy (non-hydrogen) atoms. The number of hydrogen-bond donors (Lipinski definition) is 1. The summed E-state index contributed by atoms with van der Waals surface area (Å²) in [5, 5.41) is 2.94. The van der Waals surface area contributed by atoms with Gasteiger partial charge < -0.3 is 10.1 Å². The molecule has 4 heteroatoms. The van der Waals surface area contributed by atoms with Gasteiger partial charge in [-0.3, -0.25) is 4.79 Å². The van der Waals surface area contributed by atoms with Gasteiger partial charge in [0.05, 0.1) is 0 Å². The van der Waals surface area contributed by atoms with E-state index in [1.165, 1.54) is 12.5 Å². The Kier molecular flexibility index (Phi) is 5.39. The second-order valence-electron chi connectivity index (χ2n) is 4.90. The highest BCUT2D eigenvalue weighted by Gasteiger charge is 2.38. The number of ether oxygens (including phenoxy) is 1. The molecule has 0 bridgehead atoms. The SMILES string of the molecule is CCc1cccc(C)c1[C@@](C)(NC(C)=O)[C@@H](Cl)OC. The van der Waals surface area contributed by atoms with Crippen molar-refractivity contribution in [3.63, 3.8) is 0 Å². The van der Waals surface area contributed by atoms with E-state index in [2.05, 4.69) is 18.3 Å². The standard InChI is InChI=1S/C15H22ClNO2/c1-6-12-9-7-8-10(2)13(12)15(4,14(16)19-5)17-11(3)18/h7-9,14H,6H2,1-5H3,(H,17,18)/t14-,15+/m0/s1. The Hall–Kier alpha value is -1.06. The molecule has 1 N–H and O–H groups in total. The minimum absolute atomic E-state index is 0.129. The van der Waals surface area contributed by atoms with Crippen LogP contribution in [0.1, 0.15) is 37.5 Å². The predicted molar refractivity (Wildman–Crippen MR) is 78.4 cm³/mol. The second-order valence-corrected chi connectivity index (χ2v) is 5.29. The monoisotopic (exact) mass is 283 g/mol. The van der Waals surface area contributed by atoms with Gasteiger partial charge in [0.25, 0.3) is 0 Å². The summed E-state index contributed by atoms with van der Waals surface area (Å²) in [5.41, 5.74) is 1.91. The number of methoxy groups -OCH3 is 1. The summed E-state index contributed by atoms with van der Waals surface area (Å²) in [6.07, 6.45) is 0.875. The molecule has 3 nitrogen and oxygen atoms in total. The van der Waals surface area contributed by atoms with Crippen LogP contribution in [0.5, 0.6) is 0 Å². The molecular weight excluding hydrogens is 262 g/mol. The van der Waals surface area contributed by atoms with Crippen LogP contribution in [0.25, 0.3) is 0 Å². The topological polar surface area (TPSA) is 38.3 Å². The molecule has 0 fully saturated rings. The second kappa shape index (κ2) is 6.40. The molecule has 106 valence electrons. The lowest BCUT2D eigenvalue weighted by Gasteiger charge is -2.37. The highest BCUT2D eigenvalue weighted by Crippen LogP contribution is 2.34. The third-order valence-corrected chi connectivity index (χ3v) is 3.97. The molecule has 0 aliphatic rings. The molecule has 1 rings (SSSR count). The van der Waals surface area contributed by atoms with Crippen LogP contribution in [0.4, 0.5) is 0 Å². The summed E-state index contributed by atoms with van der Waals surface area (Å²) >= 11 is 6.32. The van der Waals surface area contributed by atoms with Crippen molar-refractivity contribution in [3.8, 4) is 0 Å². The van der Waals surface area contributed by atoms with Crippen molar-refractivity contribution in [1.29, 1.82) is 0 Å². The van der Waals surface area contributed by atoms with Crippen molar-refractivity contribution in [2.45, 2.75) is 45.2 Å². The van der Waals surface area contributed by atoms with Crippen LogP contribution in [0, 0.1) is 6.92 Å². The maximum atomic E-state index is 11.5. The van der Waals surface area contributed by atoms with E-state index in [4.69, 9.17) is 16.3 Å². The third kappa shape index (κ3) is 3.28. The number of benzene rings is 1. The van der Waals surface area contributed by atoms with Gasteiger partial charge in [0, 0.05) is 14.0 Å². The van der Waals surface area contributed by atoms with Gasteiger partial charge >= 0.3 is 0 Å². The van der Waals surface area contributed by atoms with Crippen LogP contribution in [-0.2, 0) is 21.5 Å². The quantitative estimate of drug-likeness (QED) is 0.843. The summed E-state index contributed by atoms with van der Waals surface area (Å²) in [6, 6.07) is 6.09. The van der Waals surface area contributed by atoms with Crippen LogP contribution in [-0.4, -0.2) is 18.6 Å². The molecule has 0 aliphatic heterocycles. The van der Waals surface area contributed by atoms with Gasteiger partial charge in [-0.05, 0) is 37.0 Å². The molecule has 0 saturated carbocycles. The van der Waals surface area contributed by atoms with Crippen molar-refractivity contribution in [3.05, 3.63) is 34.9 Å². The fourth-order valence-corrected chi connectivity index (χ4v) is 2.76. The van der Waals surface area contributed by atoms with Crippen LogP contribution in [0.3, 0.4) is 0 Å². The van der Waals surface area contributed by atoms with Crippen molar-refractivity contribution in [2.75, 3.05) is 7.11 Å². The molecule has 0 saturated heterocycles. The first-order chi connectivity index (χ1) is 8.86. The molecule has 1 amide bonds. The third-order valence-electron chi connectivity index (χ3n) is 3.36. The zero-order valence-corrected chi connectivity index (χ0v) is 13.0. The van der Waals surface area contributed by atoms with E-state index in [9.17, 15) is 4.79 Å². The van der Waals surface area contributed by atoms with E-state index in [-0.39, 0.29) is 5.91 Å². The van der Waals surface area contributed by atoms with Gasteiger partial charge in [0.15, 0.2) is 5.56 Å². The number of aryl methyl sites for hydroxylation is 2. The van der Waals surface area contributed by atoms with Crippen molar-refractivity contribution >= 4 is 17.5 Å². The number of alkyl halides is 1. The Morgan fingerprint density at radius 2 is 2.16 bits per heavy atom. The van der Waals surface area contributed by atoms with Crippen molar-refractivity contribution in [2.24, 2.45) is 0 Å². The fraction of sp³-hybridized carbons (Fsp3) is 0.533. The summed E-state index contributed by atoms with van der Waals surface area (Å²) in [7, 11) is 1.54. The van der Waals surface area contributed by atoms with E-state index < -0.39 is 11.1 Å². The highest BCUT2D eigenvalue weighted by molar-refractivity contribution is 6.20. The van der Waals surface area contributed by atoms with E-state index in [0.717, 1.165) is 17.5 Å². The predicted octanol–water partition coefficient (Wildman–Crippen LogP) is 3.12. The lowest BCUT2D eigenvalue weighted by molar-refractivity contribution is -0.122. The van der Waals surface area contributed by atoms with E-state index >= 15 is 0 Å². The lowest BCUT2D eigenvalue weighted by Crippen LogP contribution is -2.50. The Morgan fingerprint density at radius 3 is 2.63 bits per heavy atom. The van der Waals surface area contributed by atoms with Gasteiger partial charge in [-0.2, -0.15) is 0 Å². The average Bonchev–Trinajstić information content (AvgIpc) is 2.36. The largest absolute Gasteiger partial charge is 0.363 e. The number of amides is 1. The molecule has 2 atom stereocenters. The van der Waals surface area contributed by atoms with E-state index in [0.29, 0.717) is 0 Å². The Balaban J connectivity index is 3.44. The zero-order chi connectivity index (χ0) is 14.6. The molecule has 0 aliphatic carbocycles. The summed E-state index contributed by atoms with van der Waals surface area (Å²) in [5.74, 6) is -0.129. The van der Waals surface area contributed by atoms with Crippen LogP contribution < -0.4 is 5.32 Å². The lowest BCUT2D eigenvalue weighted by atomic mass is 9.84. The Morgan fingerprint density at radius 1 is 1.53 bits per heavy atom. The first kappa shape index (κ1) is 16.0. The fourth-order valence-electron chi connectivity index (χ4n) is 2.60. The molecule has 0 unspecified atom stereocenters. The minimum Gasteiger partial charge on any atom is -0.363 e. The number of carbonyl (C=O) groups excluding carboxylic acids is 1. The van der Waals surface area contributed by atoms with Gasteiger partial charge in [0.2, 0.25) is 5.91 Å². The molecule has 0 spiro atoms.